The molecule has 0 spiro atoms. The fraction of sp³-hybridized carbons (Fsp3) is 0.786. The summed E-state index contributed by atoms with van der Waals surface area (Å²) in [5.41, 5.74) is 1.33. The summed E-state index contributed by atoms with van der Waals surface area (Å²) in [5, 5.41) is 3.52. The van der Waals surface area contributed by atoms with Gasteiger partial charge >= 0.3 is 0 Å². The van der Waals surface area contributed by atoms with E-state index < -0.39 is 0 Å². The topological polar surface area (TPSA) is 39.1 Å². The third-order valence-electron chi connectivity index (χ3n) is 3.30. The van der Waals surface area contributed by atoms with Crippen molar-refractivity contribution in [2.45, 2.75) is 45.7 Å². The van der Waals surface area contributed by atoms with Crippen molar-refractivity contribution in [2.75, 3.05) is 19.8 Å². The van der Waals surface area contributed by atoms with E-state index in [9.17, 15) is 0 Å². The maximum atomic E-state index is 5.61. The molecule has 1 atom stereocenters. The molecule has 1 aromatic rings. The van der Waals surface area contributed by atoms with Gasteiger partial charge in [-0.15, -0.1) is 0 Å². The molecule has 1 aromatic heterocycles. The lowest BCUT2D eigenvalue weighted by atomic mass is 10.2. The molecular weight excluding hydrogens is 226 g/mol. The van der Waals surface area contributed by atoms with Crippen LogP contribution in [0.25, 0.3) is 0 Å². The summed E-state index contributed by atoms with van der Waals surface area (Å²) < 4.78 is 7.87. The average molecular weight is 251 g/mol. The molecule has 102 valence electrons. The van der Waals surface area contributed by atoms with Crippen LogP contribution in [0.15, 0.2) is 12.5 Å². The predicted molar refractivity (Wildman–Crippen MR) is 72.5 cm³/mol. The summed E-state index contributed by atoms with van der Waals surface area (Å²) in [6, 6.07) is 0.504. The number of nitrogens with zero attached hydrogens (tertiary/aromatic N) is 2. The molecule has 0 saturated carbocycles. The van der Waals surface area contributed by atoms with Gasteiger partial charge in [-0.3, -0.25) is 0 Å². The van der Waals surface area contributed by atoms with Gasteiger partial charge in [0, 0.05) is 32.0 Å². The molecule has 0 bridgehead atoms. The fourth-order valence-corrected chi connectivity index (χ4v) is 2.40. The van der Waals surface area contributed by atoms with E-state index in [1.807, 2.05) is 12.5 Å². The Labute approximate surface area is 110 Å². The van der Waals surface area contributed by atoms with Gasteiger partial charge in [-0.25, -0.2) is 4.98 Å². The van der Waals surface area contributed by atoms with Gasteiger partial charge in [0.25, 0.3) is 0 Å². The van der Waals surface area contributed by atoms with Crippen LogP contribution in [0.3, 0.4) is 0 Å². The van der Waals surface area contributed by atoms with Crippen molar-refractivity contribution >= 4 is 0 Å². The first-order valence-corrected chi connectivity index (χ1v) is 7.08. The van der Waals surface area contributed by atoms with E-state index in [-0.39, 0.29) is 0 Å². The van der Waals surface area contributed by atoms with Gasteiger partial charge in [-0.1, -0.05) is 13.8 Å². The Morgan fingerprint density at radius 2 is 2.44 bits per heavy atom. The van der Waals surface area contributed by atoms with Gasteiger partial charge < -0.3 is 14.6 Å². The molecule has 0 aromatic carbocycles. The number of rotatable bonds is 7. The highest BCUT2D eigenvalue weighted by Crippen LogP contribution is 2.22. The van der Waals surface area contributed by atoms with Crippen molar-refractivity contribution < 1.29 is 4.74 Å². The molecule has 18 heavy (non-hydrogen) atoms. The normalized spacial score (nSPS) is 19.8. The van der Waals surface area contributed by atoms with E-state index in [1.165, 1.54) is 18.5 Å². The monoisotopic (exact) mass is 251 g/mol. The second-order valence-corrected chi connectivity index (χ2v) is 5.48. The van der Waals surface area contributed by atoms with Gasteiger partial charge in [-0.05, 0) is 31.7 Å². The molecule has 2 heterocycles. The SMILES string of the molecule is CC(C)COCCCn1cncc1C1CCCN1. The molecule has 1 saturated heterocycles. The van der Waals surface area contributed by atoms with Crippen LogP contribution in [0.4, 0.5) is 0 Å². The molecule has 1 aliphatic rings. The van der Waals surface area contributed by atoms with Crippen LogP contribution >= 0.6 is 0 Å². The van der Waals surface area contributed by atoms with Gasteiger partial charge in [0.1, 0.15) is 0 Å². The predicted octanol–water partition coefficient (Wildman–Crippen LogP) is 2.37. The Hall–Kier alpha value is -0.870. The summed E-state index contributed by atoms with van der Waals surface area (Å²) in [7, 11) is 0. The summed E-state index contributed by atoms with van der Waals surface area (Å²) in [5.74, 6) is 0.622. The highest BCUT2D eigenvalue weighted by Gasteiger charge is 2.19. The molecule has 1 unspecified atom stereocenters. The molecule has 4 nitrogen and oxygen atoms in total. The van der Waals surface area contributed by atoms with Crippen LogP contribution in [0.2, 0.25) is 0 Å². The van der Waals surface area contributed by atoms with Gasteiger partial charge in [0.15, 0.2) is 0 Å². The molecule has 1 N–H and O–H groups in total. The third kappa shape index (κ3) is 3.82. The second-order valence-electron chi connectivity index (χ2n) is 5.48. The Balaban J connectivity index is 1.74. The minimum Gasteiger partial charge on any atom is -0.381 e. The lowest BCUT2D eigenvalue weighted by Crippen LogP contribution is -2.17. The Morgan fingerprint density at radius 1 is 1.56 bits per heavy atom. The van der Waals surface area contributed by atoms with Crippen molar-refractivity contribution in [3.05, 3.63) is 18.2 Å². The lowest BCUT2D eigenvalue weighted by molar-refractivity contribution is 0.105. The minimum absolute atomic E-state index is 0.504. The van der Waals surface area contributed by atoms with Crippen LogP contribution in [-0.4, -0.2) is 29.3 Å². The van der Waals surface area contributed by atoms with Crippen LogP contribution < -0.4 is 5.32 Å². The molecule has 0 aliphatic carbocycles. The maximum Gasteiger partial charge on any atom is 0.0948 e. The first kappa shape index (κ1) is 13.6. The van der Waals surface area contributed by atoms with E-state index in [0.29, 0.717) is 12.0 Å². The quantitative estimate of drug-likeness (QED) is 0.756. The first-order valence-electron chi connectivity index (χ1n) is 7.08. The fourth-order valence-electron chi connectivity index (χ4n) is 2.40. The van der Waals surface area contributed by atoms with Crippen LogP contribution in [-0.2, 0) is 11.3 Å². The highest BCUT2D eigenvalue weighted by atomic mass is 16.5. The minimum atomic E-state index is 0.504. The Morgan fingerprint density at radius 3 is 3.17 bits per heavy atom. The van der Waals surface area contributed by atoms with E-state index in [4.69, 9.17) is 4.74 Å². The Bertz CT molecular complexity index is 343. The lowest BCUT2D eigenvalue weighted by Gasteiger charge is -2.14. The van der Waals surface area contributed by atoms with E-state index in [0.717, 1.165) is 32.7 Å². The van der Waals surface area contributed by atoms with E-state index in [2.05, 4.69) is 28.7 Å². The molecule has 0 radical (unpaired) electrons. The molecule has 1 fully saturated rings. The second kappa shape index (κ2) is 6.90. The van der Waals surface area contributed by atoms with Crippen LogP contribution in [0.1, 0.15) is 44.8 Å². The summed E-state index contributed by atoms with van der Waals surface area (Å²) in [6.45, 7) is 8.20. The molecular formula is C14H25N3O. The molecule has 4 heteroatoms. The van der Waals surface area contributed by atoms with Crippen molar-refractivity contribution in [1.82, 2.24) is 14.9 Å². The number of ether oxygens (including phenoxy) is 1. The van der Waals surface area contributed by atoms with Crippen molar-refractivity contribution in [2.24, 2.45) is 5.92 Å². The third-order valence-corrected chi connectivity index (χ3v) is 3.30. The zero-order chi connectivity index (χ0) is 12.8. The van der Waals surface area contributed by atoms with Gasteiger partial charge in [0.05, 0.1) is 12.0 Å². The van der Waals surface area contributed by atoms with Gasteiger partial charge in [-0.2, -0.15) is 0 Å². The van der Waals surface area contributed by atoms with E-state index in [1.54, 1.807) is 0 Å². The molecule has 0 amide bonds. The number of aryl methyl sites for hydroxylation is 1. The molecule has 1 aliphatic heterocycles. The number of aromatic nitrogens is 2. The zero-order valence-corrected chi connectivity index (χ0v) is 11.6. The summed E-state index contributed by atoms with van der Waals surface area (Å²) >= 11 is 0. The largest absolute Gasteiger partial charge is 0.381 e. The molecule has 2 rings (SSSR count). The van der Waals surface area contributed by atoms with Crippen molar-refractivity contribution in [1.29, 1.82) is 0 Å². The standard InChI is InChI=1S/C14H25N3O/c1-12(2)10-18-8-4-7-17-11-15-9-14(17)13-5-3-6-16-13/h9,11-13,16H,3-8,10H2,1-2H3. The van der Waals surface area contributed by atoms with Crippen LogP contribution in [0, 0.1) is 5.92 Å². The maximum absolute atomic E-state index is 5.61. The number of hydrogen-bond acceptors (Lipinski definition) is 3. The number of nitrogens with one attached hydrogen (secondary N) is 1. The number of imidazole rings is 1. The van der Waals surface area contributed by atoms with Crippen molar-refractivity contribution in [3.63, 3.8) is 0 Å². The Kier molecular flexibility index (Phi) is 5.20. The number of hydrogen-bond donors (Lipinski definition) is 1. The smallest absolute Gasteiger partial charge is 0.0948 e. The van der Waals surface area contributed by atoms with Gasteiger partial charge in [0.2, 0.25) is 0 Å². The van der Waals surface area contributed by atoms with E-state index >= 15 is 0 Å². The first-order chi connectivity index (χ1) is 8.77. The summed E-state index contributed by atoms with van der Waals surface area (Å²) in [6.07, 6.45) is 7.50. The highest BCUT2D eigenvalue weighted by molar-refractivity contribution is 5.07. The average Bonchev–Trinajstić information content (AvgIpc) is 2.97. The van der Waals surface area contributed by atoms with Crippen molar-refractivity contribution in [3.8, 4) is 0 Å². The summed E-state index contributed by atoms with van der Waals surface area (Å²) in [4.78, 5) is 4.28. The van der Waals surface area contributed by atoms with Crippen LogP contribution in [0.5, 0.6) is 0 Å². The zero-order valence-electron chi connectivity index (χ0n) is 11.6.